The van der Waals surface area contributed by atoms with Crippen LogP contribution in [0.4, 0.5) is 24.5 Å². The van der Waals surface area contributed by atoms with Crippen LogP contribution in [0.2, 0.25) is 5.02 Å². The summed E-state index contributed by atoms with van der Waals surface area (Å²) in [6, 6.07) is 10.7. The highest BCUT2D eigenvalue weighted by Gasteiger charge is 2.33. The van der Waals surface area contributed by atoms with Gasteiger partial charge in [-0.05, 0) is 54.6 Å². The summed E-state index contributed by atoms with van der Waals surface area (Å²) in [5.74, 6) is -0.448. The van der Waals surface area contributed by atoms with Crippen LogP contribution in [-0.4, -0.2) is 14.3 Å². The van der Waals surface area contributed by atoms with Gasteiger partial charge in [0.25, 0.3) is 15.9 Å². The Labute approximate surface area is 168 Å². The second kappa shape index (κ2) is 7.80. The summed E-state index contributed by atoms with van der Waals surface area (Å²) < 4.78 is 70.7. The molecular weight excluding hydrogens is 433 g/mol. The molecule has 0 atom stereocenters. The number of hydrogen-bond donors (Lipinski definition) is 2. The molecule has 0 spiro atoms. The van der Waals surface area contributed by atoms with Crippen LogP contribution >= 0.6 is 11.6 Å². The smallest absolute Gasteiger partial charge is 0.417 e. The van der Waals surface area contributed by atoms with Crippen molar-refractivity contribution in [1.82, 2.24) is 0 Å². The first-order chi connectivity index (χ1) is 13.6. The van der Waals surface area contributed by atoms with Crippen LogP contribution < -0.4 is 10.0 Å². The van der Waals surface area contributed by atoms with E-state index in [1.165, 1.54) is 42.7 Å². The predicted octanol–water partition coefficient (Wildman–Crippen LogP) is 5.00. The SMILES string of the molecule is O=C(Nc1ccc(S(=O)(=O)Nc2ccc(Cl)c(C(F)(F)F)c2)cc1)c1ccco1. The molecule has 0 unspecified atom stereocenters. The Morgan fingerprint density at radius 2 is 1.66 bits per heavy atom. The minimum Gasteiger partial charge on any atom is -0.459 e. The van der Waals surface area contributed by atoms with Crippen molar-refractivity contribution in [2.75, 3.05) is 10.0 Å². The van der Waals surface area contributed by atoms with Gasteiger partial charge in [-0.15, -0.1) is 0 Å². The van der Waals surface area contributed by atoms with Crippen LogP contribution in [-0.2, 0) is 16.2 Å². The number of anilines is 2. The van der Waals surface area contributed by atoms with Gasteiger partial charge < -0.3 is 9.73 Å². The second-order valence-electron chi connectivity index (χ2n) is 5.75. The summed E-state index contributed by atoms with van der Waals surface area (Å²) in [7, 11) is -4.17. The third-order valence-electron chi connectivity index (χ3n) is 3.69. The lowest BCUT2D eigenvalue weighted by Gasteiger charge is -2.13. The molecule has 6 nitrogen and oxygen atoms in total. The van der Waals surface area contributed by atoms with Crippen molar-refractivity contribution in [3.8, 4) is 0 Å². The number of amides is 1. The maximum absolute atomic E-state index is 12.9. The lowest BCUT2D eigenvalue weighted by Crippen LogP contribution is -2.15. The average Bonchev–Trinajstić information content (AvgIpc) is 3.17. The predicted molar refractivity (Wildman–Crippen MR) is 100 cm³/mol. The third-order valence-corrected chi connectivity index (χ3v) is 5.42. The molecule has 1 heterocycles. The molecule has 29 heavy (non-hydrogen) atoms. The molecule has 3 rings (SSSR count). The normalized spacial score (nSPS) is 11.9. The van der Waals surface area contributed by atoms with Crippen molar-refractivity contribution in [2.24, 2.45) is 0 Å². The van der Waals surface area contributed by atoms with Gasteiger partial charge in [0, 0.05) is 11.4 Å². The standard InChI is InChI=1S/C18H12ClF3N2O4S/c19-15-8-5-12(10-14(15)18(20,21)22)24-29(26,27)13-6-3-11(4-7-13)23-17(25)16-2-1-9-28-16/h1-10,24H,(H,23,25). The quantitative estimate of drug-likeness (QED) is 0.579. The van der Waals surface area contributed by atoms with Gasteiger partial charge in [-0.2, -0.15) is 13.2 Å². The average molecular weight is 445 g/mol. The molecule has 0 aliphatic rings. The molecule has 2 N–H and O–H groups in total. The number of sulfonamides is 1. The van der Waals surface area contributed by atoms with E-state index in [-0.39, 0.29) is 16.3 Å². The minimum absolute atomic E-state index is 0.0755. The highest BCUT2D eigenvalue weighted by Crippen LogP contribution is 2.36. The number of carbonyl (C=O) groups is 1. The van der Waals surface area contributed by atoms with E-state index >= 15 is 0 Å². The molecular formula is C18H12ClF3N2O4S. The largest absolute Gasteiger partial charge is 0.459 e. The zero-order chi connectivity index (χ0) is 21.2. The lowest BCUT2D eigenvalue weighted by atomic mass is 10.2. The van der Waals surface area contributed by atoms with E-state index < -0.39 is 32.7 Å². The first kappa shape index (κ1) is 20.7. The van der Waals surface area contributed by atoms with Gasteiger partial charge in [-0.1, -0.05) is 11.6 Å². The Hall–Kier alpha value is -2.98. The monoisotopic (exact) mass is 444 g/mol. The van der Waals surface area contributed by atoms with Gasteiger partial charge in [-0.25, -0.2) is 8.42 Å². The Morgan fingerprint density at radius 3 is 2.24 bits per heavy atom. The minimum atomic E-state index is -4.73. The van der Waals surface area contributed by atoms with E-state index in [0.717, 1.165) is 12.1 Å². The number of carbonyl (C=O) groups excluding carboxylic acids is 1. The van der Waals surface area contributed by atoms with Gasteiger partial charge in [0.1, 0.15) is 0 Å². The Morgan fingerprint density at radius 1 is 1.00 bits per heavy atom. The number of alkyl halides is 3. The number of rotatable bonds is 5. The fourth-order valence-corrected chi connectivity index (χ4v) is 3.61. The molecule has 1 amide bonds. The molecule has 3 aromatic rings. The van der Waals surface area contributed by atoms with E-state index in [4.69, 9.17) is 16.0 Å². The molecule has 1 aromatic heterocycles. The Balaban J connectivity index is 1.77. The topological polar surface area (TPSA) is 88.4 Å². The van der Waals surface area contributed by atoms with Gasteiger partial charge in [-0.3, -0.25) is 9.52 Å². The maximum atomic E-state index is 12.9. The zero-order valence-corrected chi connectivity index (χ0v) is 15.9. The number of benzene rings is 2. The van der Waals surface area contributed by atoms with Crippen molar-refractivity contribution < 1.29 is 30.8 Å². The third kappa shape index (κ3) is 4.90. The first-order valence-corrected chi connectivity index (χ1v) is 9.77. The van der Waals surface area contributed by atoms with Crippen LogP contribution in [0.1, 0.15) is 16.1 Å². The van der Waals surface area contributed by atoms with Crippen molar-refractivity contribution in [3.05, 3.63) is 77.2 Å². The van der Waals surface area contributed by atoms with Gasteiger partial charge in [0.15, 0.2) is 5.76 Å². The summed E-state index contributed by atoms with van der Waals surface area (Å²) in [5.41, 5.74) is -1.15. The summed E-state index contributed by atoms with van der Waals surface area (Å²) in [5, 5.41) is 1.97. The van der Waals surface area contributed by atoms with Crippen molar-refractivity contribution in [3.63, 3.8) is 0 Å². The van der Waals surface area contributed by atoms with E-state index in [1.54, 1.807) is 0 Å². The zero-order valence-electron chi connectivity index (χ0n) is 14.3. The van der Waals surface area contributed by atoms with Crippen molar-refractivity contribution in [2.45, 2.75) is 11.1 Å². The number of hydrogen-bond acceptors (Lipinski definition) is 4. The van der Waals surface area contributed by atoms with Gasteiger partial charge >= 0.3 is 6.18 Å². The first-order valence-electron chi connectivity index (χ1n) is 7.91. The molecule has 0 aliphatic heterocycles. The fraction of sp³-hybridized carbons (Fsp3) is 0.0556. The molecule has 0 aliphatic carbocycles. The van der Waals surface area contributed by atoms with E-state index in [0.29, 0.717) is 11.8 Å². The van der Waals surface area contributed by atoms with Crippen LogP contribution in [0.25, 0.3) is 0 Å². The maximum Gasteiger partial charge on any atom is 0.417 e. The number of halogens is 4. The van der Waals surface area contributed by atoms with Gasteiger partial charge in [0.05, 0.1) is 21.7 Å². The summed E-state index contributed by atoms with van der Waals surface area (Å²) in [4.78, 5) is 11.7. The van der Waals surface area contributed by atoms with E-state index in [2.05, 4.69) is 10.0 Å². The van der Waals surface area contributed by atoms with E-state index in [1.807, 2.05) is 0 Å². The molecule has 11 heteroatoms. The van der Waals surface area contributed by atoms with Crippen LogP contribution in [0.3, 0.4) is 0 Å². The van der Waals surface area contributed by atoms with Crippen LogP contribution in [0.15, 0.2) is 70.2 Å². The van der Waals surface area contributed by atoms with Crippen molar-refractivity contribution in [1.29, 1.82) is 0 Å². The number of nitrogens with one attached hydrogen (secondary N) is 2. The molecule has 0 saturated carbocycles. The molecule has 2 aromatic carbocycles. The highest BCUT2D eigenvalue weighted by molar-refractivity contribution is 7.92. The number of furan rings is 1. The van der Waals surface area contributed by atoms with Crippen molar-refractivity contribution >= 4 is 38.9 Å². The fourth-order valence-electron chi connectivity index (χ4n) is 2.34. The molecule has 0 radical (unpaired) electrons. The Kier molecular flexibility index (Phi) is 5.58. The second-order valence-corrected chi connectivity index (χ2v) is 7.84. The molecule has 152 valence electrons. The summed E-state index contributed by atoms with van der Waals surface area (Å²) >= 11 is 5.53. The highest BCUT2D eigenvalue weighted by atomic mass is 35.5. The van der Waals surface area contributed by atoms with Crippen LogP contribution in [0.5, 0.6) is 0 Å². The summed E-state index contributed by atoms with van der Waals surface area (Å²) in [6.45, 7) is 0. The summed E-state index contributed by atoms with van der Waals surface area (Å²) in [6.07, 6.45) is -3.40. The Bertz CT molecular complexity index is 1130. The van der Waals surface area contributed by atoms with E-state index in [9.17, 15) is 26.4 Å². The van der Waals surface area contributed by atoms with Gasteiger partial charge in [0.2, 0.25) is 0 Å². The lowest BCUT2D eigenvalue weighted by molar-refractivity contribution is -0.137. The molecule has 0 bridgehead atoms. The van der Waals surface area contributed by atoms with Crippen LogP contribution in [0, 0.1) is 0 Å². The molecule has 0 saturated heterocycles. The molecule has 0 fully saturated rings.